The first-order chi connectivity index (χ1) is 7.32. The Morgan fingerprint density at radius 3 is 2.38 bits per heavy atom. The molecule has 0 fully saturated rings. The number of hydrogen-bond donors (Lipinski definition) is 3. The summed E-state index contributed by atoms with van der Waals surface area (Å²) in [6, 6.07) is -1.29. The number of urea groups is 1. The molecular weight excluding hydrogens is 274 g/mol. The van der Waals surface area contributed by atoms with Crippen molar-refractivity contribution in [1.29, 1.82) is 0 Å². The van der Waals surface area contributed by atoms with E-state index in [1.54, 1.807) is 0 Å². The lowest BCUT2D eigenvalue weighted by Gasteiger charge is -2.18. The van der Waals surface area contributed by atoms with Crippen LogP contribution >= 0.6 is 15.9 Å². The Hall–Kier alpha value is -1.04. The first kappa shape index (κ1) is 15.0. The summed E-state index contributed by atoms with van der Waals surface area (Å²) in [6.07, 6.45) is 0.545. The molecule has 0 saturated heterocycles. The van der Waals surface area contributed by atoms with Gasteiger partial charge >= 0.3 is 6.03 Å². The first-order valence-electron chi connectivity index (χ1n) is 5.00. The molecule has 0 aliphatic heterocycles. The van der Waals surface area contributed by atoms with E-state index >= 15 is 0 Å². The van der Waals surface area contributed by atoms with Gasteiger partial charge in [0, 0.05) is 11.0 Å². The van der Waals surface area contributed by atoms with Crippen LogP contribution in [0.15, 0.2) is 11.1 Å². The molecule has 0 heterocycles. The van der Waals surface area contributed by atoms with Crippen molar-refractivity contribution in [2.45, 2.75) is 26.3 Å². The summed E-state index contributed by atoms with van der Waals surface area (Å²) in [4.78, 5) is 22.4. The van der Waals surface area contributed by atoms with E-state index in [1.165, 1.54) is 0 Å². The highest BCUT2D eigenvalue weighted by atomic mass is 79.9. The van der Waals surface area contributed by atoms with Crippen molar-refractivity contribution < 1.29 is 9.59 Å². The van der Waals surface area contributed by atoms with E-state index in [-0.39, 0.29) is 11.8 Å². The minimum atomic E-state index is -0.696. The van der Waals surface area contributed by atoms with Gasteiger partial charge in [-0.1, -0.05) is 36.4 Å². The van der Waals surface area contributed by atoms with Gasteiger partial charge in [-0.2, -0.15) is 0 Å². The lowest BCUT2D eigenvalue weighted by molar-refractivity contribution is -0.123. The number of carbonyl (C=O) groups is 2. The van der Waals surface area contributed by atoms with E-state index in [0.717, 1.165) is 0 Å². The van der Waals surface area contributed by atoms with Crippen LogP contribution < -0.4 is 16.4 Å². The number of primary amides is 1. The highest BCUT2D eigenvalue weighted by Crippen LogP contribution is 2.05. The molecule has 92 valence electrons. The van der Waals surface area contributed by atoms with Crippen molar-refractivity contribution in [1.82, 2.24) is 10.6 Å². The van der Waals surface area contributed by atoms with Crippen molar-refractivity contribution in [3.63, 3.8) is 0 Å². The molecule has 0 saturated carbocycles. The summed E-state index contributed by atoms with van der Waals surface area (Å²) in [7, 11) is 0. The molecule has 0 spiro atoms. The van der Waals surface area contributed by atoms with Gasteiger partial charge in [0.2, 0.25) is 5.91 Å². The molecule has 1 atom stereocenters. The Balaban J connectivity index is 4.31. The van der Waals surface area contributed by atoms with Gasteiger partial charge in [-0.15, -0.1) is 0 Å². The van der Waals surface area contributed by atoms with Crippen LogP contribution in [0.5, 0.6) is 0 Å². The predicted octanol–water partition coefficient (Wildman–Crippen LogP) is 1.09. The van der Waals surface area contributed by atoms with Gasteiger partial charge in [0.25, 0.3) is 0 Å². The number of rotatable bonds is 6. The first-order valence-corrected chi connectivity index (χ1v) is 5.79. The van der Waals surface area contributed by atoms with Crippen LogP contribution in [0.1, 0.15) is 20.3 Å². The van der Waals surface area contributed by atoms with Crippen LogP contribution in [0.4, 0.5) is 4.79 Å². The van der Waals surface area contributed by atoms with E-state index in [1.807, 2.05) is 13.8 Å². The number of nitrogens with two attached hydrogens (primary N) is 1. The Bertz CT molecular complexity index is 279. The molecule has 3 amide bonds. The average Bonchev–Trinajstić information content (AvgIpc) is 2.11. The fourth-order valence-electron chi connectivity index (χ4n) is 1.18. The number of halogens is 1. The van der Waals surface area contributed by atoms with Crippen LogP contribution in [0.3, 0.4) is 0 Å². The SMILES string of the molecule is C=C(Br)CNC(=O)C(CC(C)C)NC(N)=O. The Morgan fingerprint density at radius 1 is 1.44 bits per heavy atom. The zero-order valence-electron chi connectivity index (χ0n) is 9.55. The second-order valence-electron chi connectivity index (χ2n) is 3.93. The number of hydrogen-bond acceptors (Lipinski definition) is 2. The van der Waals surface area contributed by atoms with Gasteiger partial charge < -0.3 is 16.4 Å². The van der Waals surface area contributed by atoms with Crippen LogP contribution in [0.2, 0.25) is 0 Å². The highest BCUT2D eigenvalue weighted by Gasteiger charge is 2.20. The maximum atomic E-state index is 11.7. The largest absolute Gasteiger partial charge is 0.352 e. The van der Waals surface area contributed by atoms with Gasteiger partial charge in [-0.25, -0.2) is 4.79 Å². The molecule has 0 rings (SSSR count). The van der Waals surface area contributed by atoms with Gasteiger partial charge in [0.1, 0.15) is 6.04 Å². The molecule has 0 aromatic carbocycles. The molecule has 0 aliphatic carbocycles. The Morgan fingerprint density at radius 2 is 2.00 bits per heavy atom. The number of carbonyl (C=O) groups excluding carboxylic acids is 2. The Kier molecular flexibility index (Phi) is 6.80. The van der Waals surface area contributed by atoms with Crippen molar-refractivity contribution >= 4 is 27.9 Å². The normalized spacial score (nSPS) is 12.0. The van der Waals surface area contributed by atoms with Crippen LogP contribution in [-0.4, -0.2) is 24.5 Å². The van der Waals surface area contributed by atoms with Crippen LogP contribution in [0.25, 0.3) is 0 Å². The number of amides is 3. The number of nitrogens with one attached hydrogen (secondary N) is 2. The molecule has 0 aromatic heterocycles. The minimum Gasteiger partial charge on any atom is -0.352 e. The van der Waals surface area contributed by atoms with Crippen LogP contribution in [-0.2, 0) is 4.79 Å². The fourth-order valence-corrected chi connectivity index (χ4v) is 1.32. The van der Waals surface area contributed by atoms with Crippen molar-refractivity contribution in [3.8, 4) is 0 Å². The monoisotopic (exact) mass is 291 g/mol. The smallest absolute Gasteiger partial charge is 0.312 e. The lowest BCUT2D eigenvalue weighted by atomic mass is 10.0. The third-order valence-corrected chi connectivity index (χ3v) is 2.07. The van der Waals surface area contributed by atoms with E-state index in [4.69, 9.17) is 5.73 Å². The van der Waals surface area contributed by atoms with Gasteiger partial charge in [0.15, 0.2) is 0 Å². The second kappa shape index (κ2) is 7.27. The van der Waals surface area contributed by atoms with Crippen molar-refractivity contribution in [3.05, 3.63) is 11.1 Å². The maximum absolute atomic E-state index is 11.7. The lowest BCUT2D eigenvalue weighted by Crippen LogP contribution is -2.49. The summed E-state index contributed by atoms with van der Waals surface area (Å²) in [5.41, 5.74) is 5.01. The molecule has 0 bridgehead atoms. The van der Waals surface area contributed by atoms with E-state index in [2.05, 4.69) is 33.1 Å². The summed E-state index contributed by atoms with van der Waals surface area (Å²) in [5, 5.41) is 5.05. The molecule has 16 heavy (non-hydrogen) atoms. The zero-order chi connectivity index (χ0) is 12.7. The molecule has 6 heteroatoms. The third kappa shape index (κ3) is 7.28. The highest BCUT2D eigenvalue weighted by molar-refractivity contribution is 9.11. The second-order valence-corrected chi connectivity index (χ2v) is 5.05. The van der Waals surface area contributed by atoms with Gasteiger partial charge in [-0.3, -0.25) is 4.79 Å². The van der Waals surface area contributed by atoms with E-state index in [0.29, 0.717) is 17.4 Å². The predicted molar refractivity (Wildman–Crippen MR) is 67.0 cm³/mol. The van der Waals surface area contributed by atoms with E-state index < -0.39 is 12.1 Å². The molecule has 0 aromatic rings. The van der Waals surface area contributed by atoms with Crippen LogP contribution in [0, 0.1) is 5.92 Å². The van der Waals surface area contributed by atoms with Gasteiger partial charge in [-0.05, 0) is 12.3 Å². The van der Waals surface area contributed by atoms with E-state index in [9.17, 15) is 9.59 Å². The van der Waals surface area contributed by atoms with Gasteiger partial charge in [0.05, 0.1) is 0 Å². The zero-order valence-corrected chi connectivity index (χ0v) is 11.1. The minimum absolute atomic E-state index is 0.256. The quantitative estimate of drug-likeness (QED) is 0.684. The average molecular weight is 292 g/mol. The Labute approximate surface area is 104 Å². The molecular formula is C10H18BrN3O2. The standard InChI is InChI=1S/C10H18BrN3O2/c1-6(2)4-8(14-10(12)16)9(15)13-5-7(3)11/h6,8H,3-5H2,1-2H3,(H,13,15)(H3,12,14,16). The third-order valence-electron chi connectivity index (χ3n) is 1.79. The summed E-state index contributed by atoms with van der Waals surface area (Å²) in [6.45, 7) is 7.85. The molecule has 5 nitrogen and oxygen atoms in total. The summed E-state index contributed by atoms with van der Waals surface area (Å²) >= 11 is 3.13. The molecule has 0 radical (unpaired) electrons. The molecule has 1 unspecified atom stereocenters. The van der Waals surface area contributed by atoms with Crippen molar-refractivity contribution in [2.24, 2.45) is 11.7 Å². The maximum Gasteiger partial charge on any atom is 0.312 e. The molecule has 4 N–H and O–H groups in total. The molecule has 0 aliphatic rings. The van der Waals surface area contributed by atoms with Crippen molar-refractivity contribution in [2.75, 3.05) is 6.54 Å². The summed E-state index contributed by atoms with van der Waals surface area (Å²) in [5.74, 6) is 0.0304. The topological polar surface area (TPSA) is 84.2 Å². The fraction of sp³-hybridized carbons (Fsp3) is 0.600. The summed E-state index contributed by atoms with van der Waals surface area (Å²) < 4.78 is 0.670.